The third kappa shape index (κ3) is 7.56. The molecule has 1 aliphatic rings. The van der Waals surface area contributed by atoms with Gasteiger partial charge in [0.1, 0.15) is 5.60 Å². The molecule has 0 aliphatic heterocycles. The van der Waals surface area contributed by atoms with Crippen LogP contribution in [0.15, 0.2) is 0 Å². The van der Waals surface area contributed by atoms with Crippen molar-refractivity contribution in [2.75, 3.05) is 19.6 Å². The molecule has 0 aromatic heterocycles. The second-order valence-corrected chi connectivity index (χ2v) is 8.86. The number of carbonyl (C=O) groups excluding carboxylic acids is 1. The zero-order chi connectivity index (χ0) is 17.7. The summed E-state index contributed by atoms with van der Waals surface area (Å²) in [7, 11) is 0. The quantitative estimate of drug-likeness (QED) is 0.734. The fraction of sp³-hybridized carbons (Fsp3) is 0.947. The van der Waals surface area contributed by atoms with Gasteiger partial charge < -0.3 is 15.0 Å². The third-order valence-corrected chi connectivity index (χ3v) is 4.74. The first kappa shape index (κ1) is 20.3. The molecule has 1 rings (SSSR count). The van der Waals surface area contributed by atoms with E-state index in [0.717, 1.165) is 25.4 Å². The molecule has 1 saturated carbocycles. The predicted octanol–water partition coefficient (Wildman–Crippen LogP) is 4.44. The number of nitrogens with zero attached hydrogens (tertiary/aromatic N) is 1. The van der Waals surface area contributed by atoms with Crippen molar-refractivity contribution < 1.29 is 9.53 Å². The maximum Gasteiger partial charge on any atom is 0.410 e. The first-order valence-electron chi connectivity index (χ1n) is 9.25. The van der Waals surface area contributed by atoms with Gasteiger partial charge in [-0.3, -0.25) is 0 Å². The first-order valence-corrected chi connectivity index (χ1v) is 9.25. The van der Waals surface area contributed by atoms with Gasteiger partial charge in [-0.15, -0.1) is 0 Å². The summed E-state index contributed by atoms with van der Waals surface area (Å²) >= 11 is 0. The van der Waals surface area contributed by atoms with Crippen molar-refractivity contribution in [1.29, 1.82) is 0 Å². The average Bonchev–Trinajstić information content (AvgIpc) is 2.38. The van der Waals surface area contributed by atoms with Crippen LogP contribution in [0.3, 0.4) is 0 Å². The molecule has 0 spiro atoms. The van der Waals surface area contributed by atoms with Crippen molar-refractivity contribution in [3.05, 3.63) is 0 Å². The molecular weight excluding hydrogens is 288 g/mol. The van der Waals surface area contributed by atoms with E-state index in [-0.39, 0.29) is 6.09 Å². The van der Waals surface area contributed by atoms with Crippen LogP contribution in [-0.4, -0.2) is 42.3 Å². The van der Waals surface area contributed by atoms with E-state index in [1.807, 2.05) is 27.7 Å². The largest absolute Gasteiger partial charge is 0.444 e. The minimum absolute atomic E-state index is 0.201. The van der Waals surface area contributed by atoms with E-state index in [4.69, 9.17) is 4.74 Å². The Morgan fingerprint density at radius 2 is 2.00 bits per heavy atom. The molecule has 1 amide bonds. The van der Waals surface area contributed by atoms with Crippen LogP contribution in [0.2, 0.25) is 0 Å². The van der Waals surface area contributed by atoms with Gasteiger partial charge in [0, 0.05) is 19.1 Å². The van der Waals surface area contributed by atoms with Crippen LogP contribution in [0.25, 0.3) is 0 Å². The molecule has 0 saturated heterocycles. The van der Waals surface area contributed by atoms with E-state index in [2.05, 4.69) is 26.1 Å². The summed E-state index contributed by atoms with van der Waals surface area (Å²) in [6, 6.07) is 0.625. The normalized spacial score (nSPS) is 24.3. The van der Waals surface area contributed by atoms with Gasteiger partial charge in [0.15, 0.2) is 0 Å². The highest BCUT2D eigenvalue weighted by Gasteiger charge is 2.31. The predicted molar refractivity (Wildman–Crippen MR) is 96.7 cm³/mol. The monoisotopic (exact) mass is 326 g/mol. The van der Waals surface area contributed by atoms with Crippen LogP contribution in [0.1, 0.15) is 74.1 Å². The second-order valence-electron chi connectivity index (χ2n) is 8.86. The van der Waals surface area contributed by atoms with Gasteiger partial charge in [-0.05, 0) is 71.3 Å². The van der Waals surface area contributed by atoms with Gasteiger partial charge in [-0.25, -0.2) is 4.79 Å². The van der Waals surface area contributed by atoms with Gasteiger partial charge in [0.2, 0.25) is 0 Å². The Labute approximate surface area is 143 Å². The van der Waals surface area contributed by atoms with Gasteiger partial charge in [0.05, 0.1) is 0 Å². The molecule has 136 valence electrons. The molecule has 1 fully saturated rings. The van der Waals surface area contributed by atoms with Crippen molar-refractivity contribution in [1.82, 2.24) is 10.2 Å². The van der Waals surface area contributed by atoms with E-state index >= 15 is 0 Å². The summed E-state index contributed by atoms with van der Waals surface area (Å²) in [5, 5.41) is 3.70. The molecule has 0 bridgehead atoms. The van der Waals surface area contributed by atoms with E-state index in [9.17, 15) is 4.79 Å². The molecule has 0 aromatic carbocycles. The number of amides is 1. The van der Waals surface area contributed by atoms with Crippen LogP contribution in [0.4, 0.5) is 4.79 Å². The standard InChI is InChI=1S/C19H38N2O2/c1-8-21(17(22)23-18(3,4)5)13-9-12-20-16-10-11-19(6,7)14-15(16)2/h15-16,20H,8-14H2,1-7H3. The Morgan fingerprint density at radius 1 is 1.35 bits per heavy atom. The second kappa shape index (κ2) is 8.36. The highest BCUT2D eigenvalue weighted by molar-refractivity contribution is 5.68. The Bertz CT molecular complexity index is 374. The lowest BCUT2D eigenvalue weighted by Crippen LogP contribution is -2.43. The van der Waals surface area contributed by atoms with Crippen molar-refractivity contribution in [3.8, 4) is 0 Å². The third-order valence-electron chi connectivity index (χ3n) is 4.74. The van der Waals surface area contributed by atoms with Crippen molar-refractivity contribution in [3.63, 3.8) is 0 Å². The molecule has 0 radical (unpaired) electrons. The molecule has 2 unspecified atom stereocenters. The van der Waals surface area contributed by atoms with Gasteiger partial charge in [0.25, 0.3) is 0 Å². The van der Waals surface area contributed by atoms with Crippen molar-refractivity contribution in [2.45, 2.75) is 85.8 Å². The van der Waals surface area contributed by atoms with Crippen molar-refractivity contribution >= 4 is 6.09 Å². The van der Waals surface area contributed by atoms with Crippen LogP contribution >= 0.6 is 0 Å². The Hall–Kier alpha value is -0.770. The molecule has 1 N–H and O–H groups in total. The van der Waals surface area contributed by atoms with Gasteiger partial charge >= 0.3 is 6.09 Å². The highest BCUT2D eigenvalue weighted by Crippen LogP contribution is 2.38. The SMILES string of the molecule is CCN(CCCNC1CCC(C)(C)CC1C)C(=O)OC(C)(C)C. The summed E-state index contributed by atoms with van der Waals surface area (Å²) in [6.07, 6.45) is 4.63. The van der Waals surface area contributed by atoms with Crippen molar-refractivity contribution in [2.24, 2.45) is 11.3 Å². The lowest BCUT2D eigenvalue weighted by atomic mass is 9.70. The summed E-state index contributed by atoms with van der Waals surface area (Å²) in [5.41, 5.74) is 0.0698. The lowest BCUT2D eigenvalue weighted by molar-refractivity contribution is 0.0257. The van der Waals surface area contributed by atoms with E-state index in [0.29, 0.717) is 18.0 Å². The number of ether oxygens (including phenoxy) is 1. The smallest absolute Gasteiger partial charge is 0.410 e. The summed E-state index contributed by atoms with van der Waals surface area (Å²) in [6.45, 7) is 17.3. The molecule has 4 nitrogen and oxygen atoms in total. The fourth-order valence-electron chi connectivity index (χ4n) is 3.51. The number of rotatable bonds is 6. The van der Waals surface area contributed by atoms with Gasteiger partial charge in [-0.1, -0.05) is 20.8 Å². The maximum atomic E-state index is 12.1. The first-order chi connectivity index (χ1) is 10.5. The average molecular weight is 327 g/mol. The maximum absolute atomic E-state index is 12.1. The highest BCUT2D eigenvalue weighted by atomic mass is 16.6. The summed E-state index contributed by atoms with van der Waals surface area (Å²) < 4.78 is 5.44. The molecular formula is C19H38N2O2. The summed E-state index contributed by atoms with van der Waals surface area (Å²) in [5.74, 6) is 0.729. The minimum atomic E-state index is -0.424. The Kier molecular flexibility index (Phi) is 7.37. The Balaban J connectivity index is 2.29. The minimum Gasteiger partial charge on any atom is -0.444 e. The number of hydrogen-bond donors (Lipinski definition) is 1. The molecule has 0 aromatic rings. The number of hydrogen-bond acceptors (Lipinski definition) is 3. The molecule has 1 aliphatic carbocycles. The zero-order valence-corrected chi connectivity index (χ0v) is 16.4. The van der Waals surface area contributed by atoms with E-state index in [1.54, 1.807) is 4.90 Å². The zero-order valence-electron chi connectivity index (χ0n) is 16.4. The van der Waals surface area contributed by atoms with E-state index in [1.165, 1.54) is 19.3 Å². The Morgan fingerprint density at radius 3 is 2.52 bits per heavy atom. The molecule has 0 heterocycles. The summed E-state index contributed by atoms with van der Waals surface area (Å²) in [4.78, 5) is 13.9. The number of carbonyl (C=O) groups is 1. The van der Waals surface area contributed by atoms with Crippen LogP contribution in [0.5, 0.6) is 0 Å². The van der Waals surface area contributed by atoms with Crippen LogP contribution in [-0.2, 0) is 4.74 Å². The van der Waals surface area contributed by atoms with E-state index < -0.39 is 5.60 Å². The topological polar surface area (TPSA) is 41.6 Å². The number of nitrogens with one attached hydrogen (secondary N) is 1. The molecule has 2 atom stereocenters. The fourth-order valence-corrected chi connectivity index (χ4v) is 3.51. The van der Waals surface area contributed by atoms with Crippen LogP contribution in [0, 0.1) is 11.3 Å². The molecule has 4 heteroatoms. The lowest BCUT2D eigenvalue weighted by Gasteiger charge is -2.39. The molecule has 23 heavy (non-hydrogen) atoms. The van der Waals surface area contributed by atoms with Crippen LogP contribution < -0.4 is 5.32 Å². The van der Waals surface area contributed by atoms with Gasteiger partial charge in [-0.2, -0.15) is 0 Å².